The molecule has 0 aliphatic rings. The fraction of sp³-hybridized carbons (Fsp3) is 0.125. The van der Waals surface area contributed by atoms with E-state index in [2.05, 4.69) is 28.1 Å². The Morgan fingerprint density at radius 2 is 2.40 bits per heavy atom. The van der Waals surface area contributed by atoms with Crippen molar-refractivity contribution in [2.24, 2.45) is 0 Å². The lowest BCUT2D eigenvalue weighted by Crippen LogP contribution is -1.77. The summed E-state index contributed by atoms with van der Waals surface area (Å²) in [5.74, 6) is 0. The minimum absolute atomic E-state index is 0.608. The van der Waals surface area contributed by atoms with Crippen LogP contribution in [0.4, 0.5) is 0 Å². The van der Waals surface area contributed by atoms with E-state index >= 15 is 0 Å². The van der Waals surface area contributed by atoms with Gasteiger partial charge in [-0.2, -0.15) is 5.26 Å². The van der Waals surface area contributed by atoms with Gasteiger partial charge in [0, 0.05) is 16.1 Å². The first-order chi connectivity index (χ1) is 4.75. The molecule has 0 aliphatic heterocycles. The SMILES string of the molecule is Cc1c#ccc(C#N)c1Br. The zero-order chi connectivity index (χ0) is 7.56. The van der Waals surface area contributed by atoms with E-state index in [0.29, 0.717) is 5.56 Å². The molecule has 10 heavy (non-hydrogen) atoms. The molecule has 0 spiro atoms. The number of rotatable bonds is 0. The molecule has 1 nitrogen and oxygen atoms in total. The lowest BCUT2D eigenvalue weighted by Gasteiger charge is -1.92. The van der Waals surface area contributed by atoms with Gasteiger partial charge in [-0.1, -0.05) is 12.1 Å². The Bertz CT molecular complexity index is 286. The second-order valence-electron chi connectivity index (χ2n) is 1.88. The van der Waals surface area contributed by atoms with Crippen molar-refractivity contribution in [3.05, 3.63) is 33.8 Å². The van der Waals surface area contributed by atoms with Gasteiger partial charge < -0.3 is 0 Å². The van der Waals surface area contributed by atoms with Crippen molar-refractivity contribution in [1.29, 1.82) is 5.26 Å². The third-order valence-electron chi connectivity index (χ3n) is 1.16. The molecule has 0 amide bonds. The third kappa shape index (κ3) is 1.12. The Hall–Kier alpha value is -0.990. The number of hydrogen-bond donors (Lipinski definition) is 0. The largest absolute Gasteiger partial charge is 0.192 e. The zero-order valence-corrected chi connectivity index (χ0v) is 6.99. The number of nitriles is 1. The summed E-state index contributed by atoms with van der Waals surface area (Å²) in [7, 11) is 0. The van der Waals surface area contributed by atoms with Gasteiger partial charge in [-0.25, -0.2) is 0 Å². The Balaban J connectivity index is 3.31. The molecule has 1 rings (SSSR count). The quantitative estimate of drug-likeness (QED) is 0.621. The molecular formula is C8H4BrN. The fourth-order valence-corrected chi connectivity index (χ4v) is 0.920. The smallest absolute Gasteiger partial charge is 0.101 e. The lowest BCUT2D eigenvalue weighted by molar-refractivity contribution is 1.40. The average Bonchev–Trinajstić information content (AvgIpc) is 1.95. The maximum atomic E-state index is 8.53. The van der Waals surface area contributed by atoms with Gasteiger partial charge in [0.1, 0.15) is 6.07 Å². The van der Waals surface area contributed by atoms with Crippen molar-refractivity contribution < 1.29 is 0 Å². The highest BCUT2D eigenvalue weighted by Crippen LogP contribution is 2.17. The van der Waals surface area contributed by atoms with Crippen LogP contribution in [0, 0.1) is 30.4 Å². The molecule has 0 fully saturated rings. The first kappa shape index (κ1) is 7.12. The molecule has 1 aromatic carbocycles. The van der Waals surface area contributed by atoms with Crippen LogP contribution in [0.3, 0.4) is 0 Å². The van der Waals surface area contributed by atoms with Crippen LogP contribution in [0.15, 0.2) is 10.5 Å². The van der Waals surface area contributed by atoms with E-state index in [0.717, 1.165) is 10.0 Å². The molecule has 0 atom stereocenters. The minimum atomic E-state index is 0.608. The number of nitrogens with zero attached hydrogens (tertiary/aromatic N) is 1. The van der Waals surface area contributed by atoms with Crippen molar-refractivity contribution >= 4 is 15.9 Å². The predicted octanol–water partition coefficient (Wildman–Crippen LogP) is 2.23. The van der Waals surface area contributed by atoms with E-state index in [1.165, 1.54) is 0 Å². The molecule has 0 bridgehead atoms. The van der Waals surface area contributed by atoms with Crippen LogP contribution >= 0.6 is 15.9 Å². The molecule has 0 heterocycles. The minimum Gasteiger partial charge on any atom is -0.192 e. The predicted molar refractivity (Wildman–Crippen MR) is 41.3 cm³/mol. The third-order valence-corrected chi connectivity index (χ3v) is 2.18. The van der Waals surface area contributed by atoms with Crippen molar-refractivity contribution in [2.75, 3.05) is 0 Å². The number of halogens is 1. The average molecular weight is 194 g/mol. The molecule has 1 aromatic rings. The monoisotopic (exact) mass is 193 g/mol. The lowest BCUT2D eigenvalue weighted by atomic mass is 10.2. The summed E-state index contributed by atoms with van der Waals surface area (Å²) in [4.78, 5) is 0. The second-order valence-corrected chi connectivity index (χ2v) is 2.67. The first-order valence-electron chi connectivity index (χ1n) is 2.74. The van der Waals surface area contributed by atoms with E-state index in [9.17, 15) is 0 Å². The van der Waals surface area contributed by atoms with Crippen LogP contribution < -0.4 is 0 Å². The second kappa shape index (κ2) is 2.73. The Kier molecular flexibility index (Phi) is 1.94. The molecule has 0 saturated heterocycles. The summed E-state index contributed by atoms with van der Waals surface area (Å²) in [6.07, 6.45) is 0. The molecule has 0 aromatic heterocycles. The highest BCUT2D eigenvalue weighted by Gasteiger charge is 1.97. The Morgan fingerprint density at radius 3 is 2.90 bits per heavy atom. The molecule has 0 unspecified atom stereocenters. The fourth-order valence-electron chi connectivity index (χ4n) is 0.618. The standard InChI is InChI=1S/C8H4BrN/c1-6-3-2-4-7(5-10)8(6)9/h4H,1H3. The van der Waals surface area contributed by atoms with E-state index in [1.807, 2.05) is 13.0 Å². The van der Waals surface area contributed by atoms with Gasteiger partial charge in [0.25, 0.3) is 0 Å². The summed E-state index contributed by atoms with van der Waals surface area (Å²) < 4.78 is 0.814. The van der Waals surface area contributed by atoms with E-state index < -0.39 is 0 Å². The maximum absolute atomic E-state index is 8.53. The van der Waals surface area contributed by atoms with Gasteiger partial charge in [-0.05, 0) is 22.9 Å². The first-order valence-corrected chi connectivity index (χ1v) is 3.53. The molecule has 0 aliphatic carbocycles. The molecule has 0 N–H and O–H groups in total. The van der Waals surface area contributed by atoms with Gasteiger partial charge in [0.15, 0.2) is 0 Å². The van der Waals surface area contributed by atoms with Crippen molar-refractivity contribution in [2.45, 2.75) is 6.92 Å². The van der Waals surface area contributed by atoms with Gasteiger partial charge in [-0.3, -0.25) is 0 Å². The van der Waals surface area contributed by atoms with Gasteiger partial charge in [-0.15, -0.1) is 0 Å². The zero-order valence-electron chi connectivity index (χ0n) is 5.40. The highest BCUT2D eigenvalue weighted by atomic mass is 79.9. The van der Waals surface area contributed by atoms with E-state index in [-0.39, 0.29) is 0 Å². The van der Waals surface area contributed by atoms with Crippen molar-refractivity contribution in [1.82, 2.24) is 0 Å². The Labute approximate surface area is 68.4 Å². The van der Waals surface area contributed by atoms with Crippen LogP contribution in [0.2, 0.25) is 0 Å². The summed E-state index contributed by atoms with van der Waals surface area (Å²) in [5, 5.41) is 8.53. The molecule has 48 valence electrons. The Morgan fingerprint density at radius 1 is 1.70 bits per heavy atom. The number of hydrogen-bond acceptors (Lipinski definition) is 1. The van der Waals surface area contributed by atoms with E-state index in [4.69, 9.17) is 5.26 Å². The summed E-state index contributed by atoms with van der Waals surface area (Å²) in [6.45, 7) is 1.88. The van der Waals surface area contributed by atoms with Crippen LogP contribution in [-0.2, 0) is 0 Å². The van der Waals surface area contributed by atoms with Crippen LogP contribution in [-0.4, -0.2) is 0 Å². The maximum Gasteiger partial charge on any atom is 0.101 e. The van der Waals surface area contributed by atoms with Crippen molar-refractivity contribution in [3.63, 3.8) is 0 Å². The van der Waals surface area contributed by atoms with Gasteiger partial charge >= 0.3 is 0 Å². The molecule has 0 saturated carbocycles. The summed E-state index contributed by atoms with van der Waals surface area (Å²) in [6, 6.07) is 9.24. The van der Waals surface area contributed by atoms with Crippen molar-refractivity contribution in [3.8, 4) is 6.07 Å². The van der Waals surface area contributed by atoms with Crippen LogP contribution in [0.1, 0.15) is 11.1 Å². The van der Waals surface area contributed by atoms with Crippen LogP contribution in [0.5, 0.6) is 0 Å². The summed E-state index contributed by atoms with van der Waals surface area (Å²) >= 11 is 3.27. The summed E-state index contributed by atoms with van der Waals surface area (Å²) in [5.41, 5.74) is 1.52. The van der Waals surface area contributed by atoms with Crippen LogP contribution in [0.25, 0.3) is 0 Å². The van der Waals surface area contributed by atoms with E-state index in [1.54, 1.807) is 6.07 Å². The van der Waals surface area contributed by atoms with Gasteiger partial charge in [0.2, 0.25) is 0 Å². The molecular weight excluding hydrogens is 190 g/mol. The normalized spacial score (nSPS) is 8.10. The van der Waals surface area contributed by atoms with Gasteiger partial charge in [0.05, 0.1) is 5.56 Å². The highest BCUT2D eigenvalue weighted by molar-refractivity contribution is 9.10. The molecule has 2 heteroatoms. The molecule has 0 radical (unpaired) electrons. The topological polar surface area (TPSA) is 23.8 Å².